The fourth-order valence-corrected chi connectivity index (χ4v) is 3.51. The monoisotopic (exact) mass is 522 g/mol. The number of rotatable bonds is 7. The maximum atomic E-state index is 4.72. The van der Waals surface area contributed by atoms with Gasteiger partial charge in [-0.2, -0.15) is 0 Å². The van der Waals surface area contributed by atoms with Gasteiger partial charge in [0.2, 0.25) is 0 Å². The van der Waals surface area contributed by atoms with Crippen LogP contribution in [0.2, 0.25) is 0 Å². The summed E-state index contributed by atoms with van der Waals surface area (Å²) in [7, 11) is 0. The van der Waals surface area contributed by atoms with Gasteiger partial charge in [-0.05, 0) is 37.6 Å². The Kier molecular flexibility index (Phi) is 10.4. The van der Waals surface area contributed by atoms with Crippen LogP contribution in [0.1, 0.15) is 30.5 Å². The van der Waals surface area contributed by atoms with Crippen LogP contribution in [0, 0.1) is 6.92 Å². The molecular formula is C23H35IN6. The number of likely N-dealkylation sites (N-methyl/N-ethyl adjacent to an activating group) is 1. The zero-order valence-electron chi connectivity index (χ0n) is 18.4. The standard InChI is InChI=1S/C23H34N6.HI/c1-4-24-23(26-16-20-8-6-7-19(3)15-20)27-18-21-9-10-22(25-17-21)29-13-11-28(5-2)12-14-29;/h6-10,15,17H,4-5,11-14,16,18H2,1-3H3,(H2,24,26,27);1H. The topological polar surface area (TPSA) is 55.8 Å². The van der Waals surface area contributed by atoms with Gasteiger partial charge in [0.1, 0.15) is 5.82 Å². The van der Waals surface area contributed by atoms with Gasteiger partial charge in [-0.25, -0.2) is 9.98 Å². The molecule has 2 N–H and O–H groups in total. The Morgan fingerprint density at radius 1 is 1.03 bits per heavy atom. The van der Waals surface area contributed by atoms with Crippen molar-refractivity contribution in [1.29, 1.82) is 0 Å². The lowest BCUT2D eigenvalue weighted by molar-refractivity contribution is 0.270. The first-order chi connectivity index (χ1) is 14.2. The molecule has 1 aromatic carbocycles. The number of benzene rings is 1. The van der Waals surface area contributed by atoms with Crippen molar-refractivity contribution in [2.45, 2.75) is 33.9 Å². The summed E-state index contributed by atoms with van der Waals surface area (Å²) in [5, 5.41) is 6.73. The van der Waals surface area contributed by atoms with E-state index in [9.17, 15) is 0 Å². The van der Waals surface area contributed by atoms with E-state index < -0.39 is 0 Å². The summed E-state index contributed by atoms with van der Waals surface area (Å²) >= 11 is 0. The summed E-state index contributed by atoms with van der Waals surface area (Å²) in [6, 6.07) is 12.8. The van der Waals surface area contributed by atoms with Crippen molar-refractivity contribution in [2.75, 3.05) is 44.2 Å². The predicted molar refractivity (Wildman–Crippen MR) is 137 cm³/mol. The van der Waals surface area contributed by atoms with E-state index in [4.69, 9.17) is 4.99 Å². The number of aryl methyl sites for hydroxylation is 1. The van der Waals surface area contributed by atoms with Crippen molar-refractivity contribution in [3.05, 3.63) is 59.3 Å². The number of piperazine rings is 1. The van der Waals surface area contributed by atoms with Crippen molar-refractivity contribution in [1.82, 2.24) is 20.5 Å². The molecule has 0 aliphatic carbocycles. The molecule has 164 valence electrons. The number of aromatic nitrogens is 1. The SMILES string of the molecule is CCNC(=NCc1ccc(N2CCN(CC)CC2)nc1)NCc1cccc(C)c1.I. The van der Waals surface area contributed by atoms with Gasteiger partial charge < -0.3 is 20.4 Å². The highest BCUT2D eigenvalue weighted by Gasteiger charge is 2.16. The van der Waals surface area contributed by atoms with Crippen LogP contribution in [0.5, 0.6) is 0 Å². The van der Waals surface area contributed by atoms with Gasteiger partial charge in [0, 0.05) is 45.5 Å². The van der Waals surface area contributed by atoms with E-state index >= 15 is 0 Å². The van der Waals surface area contributed by atoms with Crippen molar-refractivity contribution >= 4 is 35.8 Å². The van der Waals surface area contributed by atoms with Gasteiger partial charge in [-0.1, -0.05) is 42.8 Å². The molecule has 1 aliphatic rings. The minimum absolute atomic E-state index is 0. The third kappa shape index (κ3) is 7.43. The summed E-state index contributed by atoms with van der Waals surface area (Å²) in [4.78, 5) is 14.2. The number of guanidine groups is 1. The highest BCUT2D eigenvalue weighted by molar-refractivity contribution is 14.0. The Morgan fingerprint density at radius 2 is 1.83 bits per heavy atom. The van der Waals surface area contributed by atoms with Crippen molar-refractivity contribution in [3.8, 4) is 0 Å². The molecule has 0 bridgehead atoms. The quantitative estimate of drug-likeness (QED) is 0.332. The zero-order valence-corrected chi connectivity index (χ0v) is 20.7. The highest BCUT2D eigenvalue weighted by Crippen LogP contribution is 2.14. The van der Waals surface area contributed by atoms with E-state index in [-0.39, 0.29) is 24.0 Å². The smallest absolute Gasteiger partial charge is 0.191 e. The predicted octanol–water partition coefficient (Wildman–Crippen LogP) is 3.41. The molecule has 0 radical (unpaired) electrons. The van der Waals surface area contributed by atoms with E-state index in [1.165, 1.54) is 11.1 Å². The van der Waals surface area contributed by atoms with Gasteiger partial charge in [-0.15, -0.1) is 24.0 Å². The van der Waals surface area contributed by atoms with Crippen molar-refractivity contribution in [3.63, 3.8) is 0 Å². The minimum Gasteiger partial charge on any atom is -0.357 e. The van der Waals surface area contributed by atoms with Crippen LogP contribution < -0.4 is 15.5 Å². The van der Waals surface area contributed by atoms with Gasteiger partial charge in [0.05, 0.1) is 6.54 Å². The first kappa shape index (κ1) is 24.4. The minimum atomic E-state index is 0. The maximum absolute atomic E-state index is 4.72. The lowest BCUT2D eigenvalue weighted by Gasteiger charge is -2.34. The Hall–Kier alpha value is -1.87. The fraction of sp³-hybridized carbons (Fsp3) is 0.478. The first-order valence-corrected chi connectivity index (χ1v) is 10.7. The normalized spacial score (nSPS) is 14.9. The molecule has 3 rings (SSSR count). The Labute approximate surface area is 198 Å². The second kappa shape index (κ2) is 12.7. The van der Waals surface area contributed by atoms with Gasteiger partial charge in [-0.3, -0.25) is 0 Å². The van der Waals surface area contributed by atoms with E-state index in [2.05, 4.69) is 82.6 Å². The summed E-state index contributed by atoms with van der Waals surface area (Å²) in [5.41, 5.74) is 3.65. The number of nitrogens with one attached hydrogen (secondary N) is 2. The van der Waals surface area contributed by atoms with E-state index in [1.54, 1.807) is 0 Å². The van der Waals surface area contributed by atoms with Crippen LogP contribution >= 0.6 is 24.0 Å². The highest BCUT2D eigenvalue weighted by atomic mass is 127. The number of nitrogens with zero attached hydrogens (tertiary/aromatic N) is 4. The number of pyridine rings is 1. The average molecular weight is 522 g/mol. The molecule has 1 fully saturated rings. The summed E-state index contributed by atoms with van der Waals surface area (Å²) < 4.78 is 0. The van der Waals surface area contributed by atoms with Gasteiger partial charge >= 0.3 is 0 Å². The summed E-state index contributed by atoms with van der Waals surface area (Å²) in [5.74, 6) is 1.90. The van der Waals surface area contributed by atoms with Crippen LogP contribution in [0.4, 0.5) is 5.82 Å². The third-order valence-corrected chi connectivity index (χ3v) is 5.26. The molecule has 7 heteroatoms. The van der Waals surface area contributed by atoms with Crippen LogP contribution in [0.15, 0.2) is 47.6 Å². The number of hydrogen-bond donors (Lipinski definition) is 2. The lowest BCUT2D eigenvalue weighted by atomic mass is 10.1. The zero-order chi connectivity index (χ0) is 20.5. The molecule has 1 aliphatic heterocycles. The molecule has 0 atom stereocenters. The molecule has 2 aromatic rings. The van der Waals surface area contributed by atoms with Crippen LogP contribution in [0.25, 0.3) is 0 Å². The fourth-order valence-electron chi connectivity index (χ4n) is 3.51. The van der Waals surface area contributed by atoms with Gasteiger partial charge in [0.25, 0.3) is 0 Å². The summed E-state index contributed by atoms with van der Waals surface area (Å²) in [6.07, 6.45) is 1.95. The molecule has 30 heavy (non-hydrogen) atoms. The average Bonchev–Trinajstić information content (AvgIpc) is 2.76. The molecular weight excluding hydrogens is 487 g/mol. The Morgan fingerprint density at radius 3 is 2.47 bits per heavy atom. The van der Waals surface area contributed by atoms with E-state index in [0.717, 1.165) is 63.2 Å². The number of halogens is 1. The van der Waals surface area contributed by atoms with Crippen LogP contribution in [-0.4, -0.2) is 55.1 Å². The van der Waals surface area contributed by atoms with E-state index in [1.807, 2.05) is 6.20 Å². The molecule has 1 aromatic heterocycles. The third-order valence-electron chi connectivity index (χ3n) is 5.26. The largest absolute Gasteiger partial charge is 0.357 e. The van der Waals surface area contributed by atoms with E-state index in [0.29, 0.717) is 6.54 Å². The van der Waals surface area contributed by atoms with Crippen LogP contribution in [-0.2, 0) is 13.1 Å². The molecule has 0 saturated carbocycles. The molecule has 2 heterocycles. The molecule has 0 unspecified atom stereocenters. The number of hydrogen-bond acceptors (Lipinski definition) is 4. The Balaban J connectivity index is 0.00000320. The van der Waals surface area contributed by atoms with Gasteiger partial charge in [0.15, 0.2) is 5.96 Å². The number of aliphatic imine (C=N–C) groups is 1. The molecule has 6 nitrogen and oxygen atoms in total. The van der Waals surface area contributed by atoms with Crippen LogP contribution in [0.3, 0.4) is 0 Å². The second-order valence-corrected chi connectivity index (χ2v) is 7.48. The van der Waals surface area contributed by atoms with Crippen molar-refractivity contribution in [2.24, 2.45) is 4.99 Å². The van der Waals surface area contributed by atoms with Crippen molar-refractivity contribution < 1.29 is 0 Å². The molecule has 1 saturated heterocycles. The maximum Gasteiger partial charge on any atom is 0.191 e. The Bertz CT molecular complexity index is 785. The molecule has 0 spiro atoms. The lowest BCUT2D eigenvalue weighted by Crippen LogP contribution is -2.46. The molecule has 0 amide bonds. The summed E-state index contributed by atoms with van der Waals surface area (Å²) in [6.45, 7) is 14.1. The first-order valence-electron chi connectivity index (χ1n) is 10.7. The second-order valence-electron chi connectivity index (χ2n) is 7.48. The number of anilines is 1.